The molecule has 1 atom stereocenters. The summed E-state index contributed by atoms with van der Waals surface area (Å²) in [6.45, 7) is 2.21. The normalized spacial score (nSPS) is 13.9. The topological polar surface area (TPSA) is 39.9 Å². The molecule has 1 heterocycles. The maximum absolute atomic E-state index is 12.4. The Morgan fingerprint density at radius 2 is 2.24 bits per heavy atom. The van der Waals surface area contributed by atoms with Gasteiger partial charge in [-0.05, 0) is 13.3 Å². The number of hydrogen-bond donors (Lipinski definition) is 0. The van der Waals surface area contributed by atoms with E-state index in [1.165, 1.54) is 6.33 Å². The SMILES string of the molecule is COCCCn1cnnc1SC(C)C(F)(F)F. The lowest BCUT2D eigenvalue weighted by atomic mass is 10.4. The quantitative estimate of drug-likeness (QED) is 0.587. The summed E-state index contributed by atoms with van der Waals surface area (Å²) in [6.07, 6.45) is -2.09. The number of nitrogens with zero attached hydrogens (tertiary/aromatic N) is 3. The number of hydrogen-bond acceptors (Lipinski definition) is 4. The van der Waals surface area contributed by atoms with Gasteiger partial charge in [-0.2, -0.15) is 13.2 Å². The number of ether oxygens (including phenoxy) is 1. The van der Waals surface area contributed by atoms with Crippen molar-refractivity contribution in [3.05, 3.63) is 6.33 Å². The minimum absolute atomic E-state index is 0.283. The molecule has 1 aromatic rings. The van der Waals surface area contributed by atoms with E-state index in [1.54, 1.807) is 11.7 Å². The maximum atomic E-state index is 12.4. The third kappa shape index (κ3) is 4.55. The van der Waals surface area contributed by atoms with E-state index in [9.17, 15) is 13.2 Å². The van der Waals surface area contributed by atoms with Gasteiger partial charge in [0.15, 0.2) is 5.16 Å². The molecule has 0 aliphatic heterocycles. The molecule has 0 spiro atoms. The van der Waals surface area contributed by atoms with Crippen LogP contribution in [0, 0.1) is 0 Å². The summed E-state index contributed by atoms with van der Waals surface area (Å²) in [6, 6.07) is 0. The van der Waals surface area contributed by atoms with Crippen molar-refractivity contribution in [3.63, 3.8) is 0 Å². The van der Waals surface area contributed by atoms with E-state index in [4.69, 9.17) is 4.74 Å². The average molecular weight is 269 g/mol. The van der Waals surface area contributed by atoms with Crippen LogP contribution in [0.3, 0.4) is 0 Å². The standard InChI is InChI=1S/C9H14F3N3OS/c1-7(9(10,11)12)17-8-14-13-6-15(8)4-3-5-16-2/h6-7H,3-5H2,1-2H3. The van der Waals surface area contributed by atoms with E-state index in [-0.39, 0.29) is 5.16 Å². The van der Waals surface area contributed by atoms with Crippen molar-refractivity contribution in [1.82, 2.24) is 14.8 Å². The third-order valence-electron chi connectivity index (χ3n) is 2.07. The zero-order chi connectivity index (χ0) is 12.9. The predicted molar refractivity (Wildman–Crippen MR) is 57.9 cm³/mol. The Morgan fingerprint density at radius 1 is 1.53 bits per heavy atom. The zero-order valence-electron chi connectivity index (χ0n) is 9.57. The van der Waals surface area contributed by atoms with Gasteiger partial charge in [-0.3, -0.25) is 0 Å². The second-order valence-electron chi connectivity index (χ2n) is 3.45. The highest BCUT2D eigenvalue weighted by molar-refractivity contribution is 7.99. The lowest BCUT2D eigenvalue weighted by molar-refractivity contribution is -0.125. The molecule has 0 saturated heterocycles. The van der Waals surface area contributed by atoms with Crippen LogP contribution in [-0.2, 0) is 11.3 Å². The van der Waals surface area contributed by atoms with Crippen LogP contribution < -0.4 is 0 Å². The van der Waals surface area contributed by atoms with Crippen molar-refractivity contribution >= 4 is 11.8 Å². The highest BCUT2D eigenvalue weighted by atomic mass is 32.2. The molecule has 4 nitrogen and oxygen atoms in total. The second kappa shape index (κ2) is 6.25. The molecule has 1 unspecified atom stereocenters. The van der Waals surface area contributed by atoms with E-state index in [1.807, 2.05) is 0 Å². The maximum Gasteiger partial charge on any atom is 0.400 e. The Hall–Kier alpha value is -0.760. The molecular weight excluding hydrogens is 255 g/mol. The van der Waals surface area contributed by atoms with Gasteiger partial charge < -0.3 is 9.30 Å². The zero-order valence-corrected chi connectivity index (χ0v) is 10.4. The van der Waals surface area contributed by atoms with Crippen LogP contribution in [0.25, 0.3) is 0 Å². The van der Waals surface area contributed by atoms with Gasteiger partial charge in [-0.1, -0.05) is 11.8 Å². The highest BCUT2D eigenvalue weighted by Gasteiger charge is 2.37. The van der Waals surface area contributed by atoms with Gasteiger partial charge in [-0.15, -0.1) is 10.2 Å². The first-order valence-corrected chi connectivity index (χ1v) is 5.93. The number of alkyl halides is 3. The average Bonchev–Trinajstić information content (AvgIpc) is 2.65. The monoisotopic (exact) mass is 269 g/mol. The van der Waals surface area contributed by atoms with Crippen LogP contribution in [0.2, 0.25) is 0 Å². The molecule has 0 bridgehead atoms. The fraction of sp³-hybridized carbons (Fsp3) is 0.778. The van der Waals surface area contributed by atoms with Crippen molar-refractivity contribution < 1.29 is 17.9 Å². The Labute approximate surface area is 102 Å². The van der Waals surface area contributed by atoms with Gasteiger partial charge in [0.25, 0.3) is 0 Å². The van der Waals surface area contributed by atoms with E-state index >= 15 is 0 Å². The molecule has 0 saturated carbocycles. The summed E-state index contributed by atoms with van der Waals surface area (Å²) in [7, 11) is 1.58. The first-order valence-electron chi connectivity index (χ1n) is 5.05. The summed E-state index contributed by atoms with van der Waals surface area (Å²) in [5.41, 5.74) is 0. The van der Waals surface area contributed by atoms with Crippen LogP contribution in [0.4, 0.5) is 13.2 Å². The summed E-state index contributed by atoms with van der Waals surface area (Å²) in [4.78, 5) is 0. The molecule has 0 radical (unpaired) electrons. The molecule has 98 valence electrons. The lowest BCUT2D eigenvalue weighted by Gasteiger charge is -2.14. The molecule has 0 aliphatic carbocycles. The molecule has 0 aromatic carbocycles. The van der Waals surface area contributed by atoms with Crippen LogP contribution in [0.5, 0.6) is 0 Å². The van der Waals surface area contributed by atoms with Crippen molar-refractivity contribution in [1.29, 1.82) is 0 Å². The predicted octanol–water partition coefficient (Wildman–Crippen LogP) is 2.36. The number of aryl methyl sites for hydroxylation is 1. The van der Waals surface area contributed by atoms with Gasteiger partial charge in [0, 0.05) is 20.3 Å². The van der Waals surface area contributed by atoms with Crippen molar-refractivity contribution in [2.45, 2.75) is 36.5 Å². The lowest BCUT2D eigenvalue weighted by Crippen LogP contribution is -2.22. The molecule has 8 heteroatoms. The number of aromatic nitrogens is 3. The van der Waals surface area contributed by atoms with E-state index in [0.717, 1.165) is 6.92 Å². The van der Waals surface area contributed by atoms with Gasteiger partial charge in [0.05, 0.1) is 0 Å². The molecule has 0 aliphatic rings. The Kier molecular flexibility index (Phi) is 5.26. The molecule has 0 amide bonds. The van der Waals surface area contributed by atoms with E-state index < -0.39 is 11.4 Å². The molecule has 1 rings (SSSR count). The second-order valence-corrected chi connectivity index (χ2v) is 4.76. The smallest absolute Gasteiger partial charge is 0.385 e. The Bertz CT molecular complexity index is 342. The van der Waals surface area contributed by atoms with Gasteiger partial charge in [-0.25, -0.2) is 0 Å². The number of halogens is 3. The van der Waals surface area contributed by atoms with Crippen molar-refractivity contribution in [2.24, 2.45) is 0 Å². The third-order valence-corrected chi connectivity index (χ3v) is 3.22. The number of thioether (sulfide) groups is 1. The molecular formula is C9H14F3N3OS. The van der Waals surface area contributed by atoms with Crippen molar-refractivity contribution in [2.75, 3.05) is 13.7 Å². The minimum Gasteiger partial charge on any atom is -0.385 e. The largest absolute Gasteiger partial charge is 0.400 e. The molecule has 0 N–H and O–H groups in total. The van der Waals surface area contributed by atoms with E-state index in [2.05, 4.69) is 10.2 Å². The van der Waals surface area contributed by atoms with Crippen LogP contribution in [0.1, 0.15) is 13.3 Å². The Morgan fingerprint density at radius 3 is 2.82 bits per heavy atom. The minimum atomic E-state index is -4.23. The van der Waals surface area contributed by atoms with Crippen LogP contribution in [0.15, 0.2) is 11.5 Å². The summed E-state index contributed by atoms with van der Waals surface area (Å²) >= 11 is 0.665. The first-order chi connectivity index (χ1) is 7.95. The first kappa shape index (κ1) is 14.3. The fourth-order valence-electron chi connectivity index (χ4n) is 1.09. The van der Waals surface area contributed by atoms with Gasteiger partial charge >= 0.3 is 6.18 Å². The molecule has 0 fully saturated rings. The van der Waals surface area contributed by atoms with Crippen LogP contribution >= 0.6 is 11.8 Å². The molecule has 1 aromatic heterocycles. The summed E-state index contributed by atoms with van der Waals surface area (Å²) in [5.74, 6) is 0. The van der Waals surface area contributed by atoms with Crippen LogP contribution in [-0.4, -0.2) is 39.9 Å². The Balaban J connectivity index is 2.56. The number of rotatable bonds is 6. The molecule has 17 heavy (non-hydrogen) atoms. The summed E-state index contributed by atoms with van der Waals surface area (Å²) < 4.78 is 43.6. The summed E-state index contributed by atoms with van der Waals surface area (Å²) in [5, 5.41) is 6.09. The number of methoxy groups -OCH3 is 1. The fourth-order valence-corrected chi connectivity index (χ4v) is 1.91. The van der Waals surface area contributed by atoms with Gasteiger partial charge in [0.1, 0.15) is 11.6 Å². The highest BCUT2D eigenvalue weighted by Crippen LogP contribution is 2.33. The van der Waals surface area contributed by atoms with E-state index in [0.29, 0.717) is 31.3 Å². The van der Waals surface area contributed by atoms with Crippen molar-refractivity contribution in [3.8, 4) is 0 Å². The van der Waals surface area contributed by atoms with Gasteiger partial charge in [0.2, 0.25) is 0 Å².